The molecule has 232 valence electrons. The van der Waals surface area contributed by atoms with E-state index in [1.807, 2.05) is 55.5 Å². The van der Waals surface area contributed by atoms with Gasteiger partial charge in [-0.15, -0.1) is 0 Å². The highest BCUT2D eigenvalue weighted by Crippen LogP contribution is 2.34. The number of halogens is 3. The van der Waals surface area contributed by atoms with E-state index in [2.05, 4.69) is 17.6 Å². The molecule has 0 radical (unpaired) electrons. The van der Waals surface area contributed by atoms with Gasteiger partial charge in [0.05, 0.1) is 27.3 Å². The van der Waals surface area contributed by atoms with Crippen LogP contribution in [0.15, 0.2) is 24.3 Å². The maximum atomic E-state index is 14.3. The first kappa shape index (κ1) is 31.6. The summed E-state index contributed by atoms with van der Waals surface area (Å²) in [5.41, 5.74) is 3.75. The maximum Gasteiger partial charge on any atom is 0.253 e. The van der Waals surface area contributed by atoms with E-state index >= 15 is 0 Å². The first-order valence-corrected chi connectivity index (χ1v) is 16.0. The molecule has 2 heterocycles. The zero-order valence-corrected chi connectivity index (χ0v) is 27.2. The molecule has 1 aliphatic carbocycles. The smallest absolute Gasteiger partial charge is 0.253 e. The van der Waals surface area contributed by atoms with Crippen LogP contribution in [0.2, 0.25) is 10.0 Å². The summed E-state index contributed by atoms with van der Waals surface area (Å²) < 4.78 is 16.3. The molecule has 7 nitrogen and oxygen atoms in total. The highest BCUT2D eigenvalue weighted by atomic mass is 35.5. The number of nitrogens with one attached hydrogen (secondary N) is 2. The summed E-state index contributed by atoms with van der Waals surface area (Å²) in [4.78, 5) is 33.0. The molecule has 1 saturated carbocycles. The normalized spacial score (nSPS) is 20.9. The summed E-state index contributed by atoms with van der Waals surface area (Å²) in [7, 11) is 1.93. The van der Waals surface area contributed by atoms with Crippen molar-refractivity contribution in [3.8, 4) is 0 Å². The van der Waals surface area contributed by atoms with Crippen molar-refractivity contribution in [3.05, 3.63) is 56.8 Å². The average Bonchev–Trinajstić information content (AvgIpc) is 3.52. The van der Waals surface area contributed by atoms with E-state index < -0.39 is 11.6 Å². The van der Waals surface area contributed by atoms with Gasteiger partial charge in [-0.1, -0.05) is 57.0 Å². The second kappa shape index (κ2) is 12.6. The van der Waals surface area contributed by atoms with Gasteiger partial charge in [-0.3, -0.25) is 9.59 Å². The lowest BCUT2D eigenvalue weighted by Crippen LogP contribution is -2.38. The maximum absolute atomic E-state index is 14.3. The minimum atomic E-state index is -0.918. The number of rotatable bonds is 7. The van der Waals surface area contributed by atoms with Crippen molar-refractivity contribution in [2.24, 2.45) is 18.4 Å². The van der Waals surface area contributed by atoms with Crippen molar-refractivity contribution in [1.29, 1.82) is 0 Å². The second-order valence-electron chi connectivity index (χ2n) is 13.3. The Kier molecular flexibility index (Phi) is 9.29. The molecule has 2 fully saturated rings. The Balaban J connectivity index is 1.46. The van der Waals surface area contributed by atoms with Crippen LogP contribution < -0.4 is 15.5 Å². The summed E-state index contributed by atoms with van der Waals surface area (Å²) in [5.74, 6) is 1.20. The minimum absolute atomic E-state index is 0.0683. The molecule has 0 bridgehead atoms. The van der Waals surface area contributed by atoms with Crippen LogP contribution in [0.5, 0.6) is 0 Å². The number of hydrogen-bond acceptors (Lipinski definition) is 4. The van der Waals surface area contributed by atoms with Gasteiger partial charge in [-0.2, -0.15) is 0 Å². The van der Waals surface area contributed by atoms with Gasteiger partial charge >= 0.3 is 0 Å². The monoisotopic (exact) mass is 629 g/mol. The Morgan fingerprint density at radius 1 is 1.09 bits per heavy atom. The van der Waals surface area contributed by atoms with Crippen molar-refractivity contribution < 1.29 is 14.0 Å². The fraction of sp³-hybridized carbons (Fsp3) is 0.545. The van der Waals surface area contributed by atoms with Gasteiger partial charge in [0, 0.05) is 49.6 Å². The molecule has 2 aliphatic rings. The summed E-state index contributed by atoms with van der Waals surface area (Å²) >= 11 is 13.5. The molecule has 1 atom stereocenters. The minimum Gasteiger partial charge on any atom is -0.368 e. The third-order valence-electron chi connectivity index (χ3n) is 8.88. The van der Waals surface area contributed by atoms with Gasteiger partial charge < -0.3 is 20.1 Å². The van der Waals surface area contributed by atoms with Crippen molar-refractivity contribution >= 4 is 51.7 Å². The lowest BCUT2D eigenvalue weighted by atomic mass is 9.87. The van der Waals surface area contributed by atoms with Crippen LogP contribution >= 0.6 is 23.2 Å². The number of carbonyl (C=O) groups excluding carboxylic acids is 2. The van der Waals surface area contributed by atoms with E-state index in [1.165, 1.54) is 0 Å². The first-order valence-electron chi connectivity index (χ1n) is 15.2. The van der Waals surface area contributed by atoms with Crippen LogP contribution in [0.3, 0.4) is 0 Å². The Morgan fingerprint density at radius 2 is 1.81 bits per heavy atom. The molecule has 10 heteroatoms. The number of aromatic nitrogens is 2. The van der Waals surface area contributed by atoms with Crippen LogP contribution in [0.4, 0.5) is 10.1 Å². The van der Waals surface area contributed by atoms with Gasteiger partial charge in [0.15, 0.2) is 0 Å². The molecule has 1 aromatic heterocycles. The number of anilines is 1. The van der Waals surface area contributed by atoms with Crippen molar-refractivity contribution in [1.82, 2.24) is 20.2 Å². The second-order valence-corrected chi connectivity index (χ2v) is 14.1. The van der Waals surface area contributed by atoms with E-state index in [9.17, 15) is 14.0 Å². The number of hydrogen-bond donors (Lipinski definition) is 2. The van der Waals surface area contributed by atoms with E-state index in [0.29, 0.717) is 52.0 Å². The molecule has 3 aromatic rings. The van der Waals surface area contributed by atoms with Crippen LogP contribution in [0, 0.1) is 11.3 Å². The average molecular weight is 631 g/mol. The number of imidazole rings is 1. The highest BCUT2D eigenvalue weighted by Gasteiger charge is 2.29. The topological polar surface area (TPSA) is 79.3 Å². The van der Waals surface area contributed by atoms with Crippen LogP contribution in [0.1, 0.15) is 87.1 Å². The SMILES string of the molecule is CC1CCC(NC(=O)c2cc3nc(Cc4c(Cl)ccc(CNC(=O)C(C)(C)C)c4Cl)n(C)c3cc2N2CC[C@@H](F)C2)CC1. The largest absolute Gasteiger partial charge is 0.368 e. The summed E-state index contributed by atoms with van der Waals surface area (Å²) in [6, 6.07) is 7.55. The van der Waals surface area contributed by atoms with Crippen molar-refractivity contribution in [3.63, 3.8) is 0 Å². The Bertz CT molecular complexity index is 1520. The fourth-order valence-electron chi connectivity index (χ4n) is 6.03. The van der Waals surface area contributed by atoms with E-state index in [4.69, 9.17) is 28.2 Å². The molecule has 5 rings (SSSR count). The number of benzene rings is 2. The van der Waals surface area contributed by atoms with Crippen LogP contribution in [0.25, 0.3) is 11.0 Å². The summed E-state index contributed by atoms with van der Waals surface area (Å²) in [5, 5.41) is 7.20. The van der Waals surface area contributed by atoms with E-state index in [0.717, 1.165) is 48.3 Å². The van der Waals surface area contributed by atoms with Gasteiger partial charge in [0.2, 0.25) is 5.91 Å². The molecule has 43 heavy (non-hydrogen) atoms. The van der Waals surface area contributed by atoms with Crippen molar-refractivity contribution in [2.45, 2.75) is 85.0 Å². The number of alkyl halides is 1. The van der Waals surface area contributed by atoms with E-state index in [1.54, 1.807) is 6.07 Å². The Labute approximate surface area is 263 Å². The van der Waals surface area contributed by atoms with Gasteiger partial charge in [-0.25, -0.2) is 9.37 Å². The van der Waals surface area contributed by atoms with Gasteiger partial charge in [-0.05, 0) is 67.3 Å². The zero-order valence-electron chi connectivity index (χ0n) is 25.7. The third kappa shape index (κ3) is 6.96. The third-order valence-corrected chi connectivity index (χ3v) is 9.70. The van der Waals surface area contributed by atoms with Crippen molar-refractivity contribution in [2.75, 3.05) is 18.0 Å². The van der Waals surface area contributed by atoms with Crippen LogP contribution in [-0.4, -0.2) is 46.7 Å². The molecular weight excluding hydrogens is 588 g/mol. The molecule has 1 saturated heterocycles. The first-order chi connectivity index (χ1) is 20.3. The number of nitrogens with zero attached hydrogens (tertiary/aromatic N) is 3. The van der Waals surface area contributed by atoms with Crippen LogP contribution in [-0.2, 0) is 24.8 Å². The number of fused-ring (bicyclic) bond motifs is 1. The van der Waals surface area contributed by atoms with Gasteiger partial charge in [0.25, 0.3) is 5.91 Å². The molecule has 2 N–H and O–H groups in total. The Morgan fingerprint density at radius 3 is 2.47 bits per heavy atom. The molecular formula is C33H42Cl2FN5O2. The molecule has 0 unspecified atom stereocenters. The van der Waals surface area contributed by atoms with E-state index in [-0.39, 0.29) is 30.9 Å². The lowest BCUT2D eigenvalue weighted by Gasteiger charge is -2.28. The van der Waals surface area contributed by atoms with Gasteiger partial charge in [0.1, 0.15) is 12.0 Å². The molecule has 2 aromatic carbocycles. The lowest BCUT2D eigenvalue weighted by molar-refractivity contribution is -0.128. The number of amides is 2. The zero-order chi connectivity index (χ0) is 31.1. The Hall–Kier alpha value is -2.84. The summed E-state index contributed by atoms with van der Waals surface area (Å²) in [6.45, 7) is 8.95. The molecule has 1 aliphatic heterocycles. The molecule has 0 spiro atoms. The predicted molar refractivity (Wildman–Crippen MR) is 172 cm³/mol. The predicted octanol–water partition coefficient (Wildman–Crippen LogP) is 6.99. The quantitative estimate of drug-likeness (QED) is 0.295. The standard InChI is InChI=1S/C33H42Cl2FN5O2/c1-19-6-9-22(10-7-19)38-31(42)24-14-26-28(16-27(24)41-13-12-21(36)18-41)40(5)29(39-26)15-23-25(34)11-8-20(30(23)35)17-37-32(43)33(2,3)4/h8,11,14,16,19,21-22H,6-7,9-10,12-13,15,17-18H2,1-5H3,(H,37,43)(H,38,42)/t19?,21-,22?/m1/s1. The number of carbonyl (C=O) groups is 2. The fourth-order valence-corrected chi connectivity index (χ4v) is 6.60. The number of aryl methyl sites for hydroxylation is 1. The highest BCUT2D eigenvalue weighted by molar-refractivity contribution is 6.36. The molecule has 2 amide bonds. The summed E-state index contributed by atoms with van der Waals surface area (Å²) in [6.07, 6.45) is 4.02.